The topological polar surface area (TPSA) is 114 Å². The second-order valence-corrected chi connectivity index (χ2v) is 2.30. The van der Waals surface area contributed by atoms with Crippen LogP contribution in [0.2, 0.25) is 0 Å². The zero-order chi connectivity index (χ0) is 10.4. The molecular formula is C6H11N3O4. The Kier molecular flexibility index (Phi) is 4.45. The summed E-state index contributed by atoms with van der Waals surface area (Å²) in [6, 6.07) is 0. The van der Waals surface area contributed by atoms with Crippen LogP contribution < -0.4 is 5.32 Å². The lowest BCUT2D eigenvalue weighted by Crippen LogP contribution is -2.25. The monoisotopic (exact) mass is 189 g/mol. The molecule has 1 fully saturated rings. The summed E-state index contributed by atoms with van der Waals surface area (Å²) in [5.74, 6) is -1.10. The predicted octanol–water partition coefficient (Wildman–Crippen LogP) is -1.95. The Hall–Kier alpha value is -1.63. The van der Waals surface area contributed by atoms with Crippen LogP contribution in [0.4, 0.5) is 0 Å². The van der Waals surface area contributed by atoms with Gasteiger partial charge >= 0.3 is 5.97 Å². The first-order chi connectivity index (χ1) is 5.97. The third kappa shape index (κ3) is 4.75. The lowest BCUT2D eigenvalue weighted by molar-refractivity contribution is -0.140. The number of hydrogen-bond donors (Lipinski definition) is 4. The maximum absolute atomic E-state index is 10.4. The van der Waals surface area contributed by atoms with Crippen LogP contribution in [-0.2, 0) is 9.59 Å². The summed E-state index contributed by atoms with van der Waals surface area (Å²) in [7, 11) is 1.69. The van der Waals surface area contributed by atoms with Gasteiger partial charge in [-0.3, -0.25) is 15.5 Å². The molecule has 1 heterocycles. The molecule has 0 unspecified atom stereocenters. The zero-order valence-corrected chi connectivity index (χ0v) is 7.07. The van der Waals surface area contributed by atoms with Crippen LogP contribution in [0.5, 0.6) is 0 Å². The molecule has 0 bridgehead atoms. The average Bonchev–Trinajstić information content (AvgIpc) is 2.31. The summed E-state index contributed by atoms with van der Waals surface area (Å²) >= 11 is 0. The van der Waals surface area contributed by atoms with Crippen molar-refractivity contribution in [2.24, 2.45) is 0 Å². The predicted molar refractivity (Wildman–Crippen MR) is 43.2 cm³/mol. The first-order valence-electron chi connectivity index (χ1n) is 3.39. The molecule has 1 amide bonds. The molecule has 4 N–H and O–H groups in total. The smallest absolute Gasteiger partial charge is 0.329 e. The second-order valence-electron chi connectivity index (χ2n) is 2.30. The highest BCUT2D eigenvalue weighted by atomic mass is 16.4. The van der Waals surface area contributed by atoms with E-state index in [0.29, 0.717) is 6.54 Å². The van der Waals surface area contributed by atoms with Crippen LogP contribution in [0, 0.1) is 5.41 Å². The summed E-state index contributed by atoms with van der Waals surface area (Å²) in [5.41, 5.74) is 0. The lowest BCUT2D eigenvalue weighted by Gasteiger charge is -2.03. The molecule has 0 aromatic heterocycles. The van der Waals surface area contributed by atoms with Crippen LogP contribution in [-0.4, -0.2) is 53.1 Å². The maximum atomic E-state index is 10.4. The van der Waals surface area contributed by atoms with Crippen molar-refractivity contribution in [2.45, 2.75) is 0 Å². The maximum Gasteiger partial charge on any atom is 0.329 e. The second kappa shape index (κ2) is 5.09. The van der Waals surface area contributed by atoms with Crippen molar-refractivity contribution in [3.05, 3.63) is 0 Å². The van der Waals surface area contributed by atoms with Crippen molar-refractivity contribution >= 4 is 17.8 Å². The first-order valence-corrected chi connectivity index (χ1v) is 3.39. The molecule has 1 saturated heterocycles. The molecule has 1 rings (SSSR count). The molecular weight excluding hydrogens is 178 g/mol. The molecule has 0 aromatic rings. The van der Waals surface area contributed by atoms with Gasteiger partial charge in [0, 0.05) is 7.05 Å². The van der Waals surface area contributed by atoms with Gasteiger partial charge in [0.25, 0.3) is 0 Å². The Bertz CT molecular complexity index is 228. The number of carboxylic acids is 1. The zero-order valence-electron chi connectivity index (χ0n) is 7.07. The highest BCUT2D eigenvalue weighted by molar-refractivity contribution is 6.02. The Morgan fingerprint density at radius 3 is 2.31 bits per heavy atom. The molecule has 0 saturated carbocycles. The molecule has 0 aliphatic carbocycles. The van der Waals surface area contributed by atoms with Crippen molar-refractivity contribution in [3.63, 3.8) is 0 Å². The largest absolute Gasteiger partial charge is 0.480 e. The van der Waals surface area contributed by atoms with E-state index in [1.165, 1.54) is 0 Å². The van der Waals surface area contributed by atoms with Crippen LogP contribution in [0.1, 0.15) is 0 Å². The van der Waals surface area contributed by atoms with Crippen molar-refractivity contribution in [1.82, 2.24) is 10.2 Å². The van der Waals surface area contributed by atoms with Gasteiger partial charge in [0.1, 0.15) is 6.61 Å². The van der Waals surface area contributed by atoms with Gasteiger partial charge in [-0.1, -0.05) is 0 Å². The third-order valence-corrected chi connectivity index (χ3v) is 1.16. The highest BCUT2D eigenvalue weighted by Crippen LogP contribution is 1.89. The molecule has 0 radical (unpaired) electrons. The van der Waals surface area contributed by atoms with E-state index in [9.17, 15) is 4.79 Å². The molecule has 1 aliphatic rings. The lowest BCUT2D eigenvalue weighted by atomic mass is 10.6. The number of nitrogens with zero attached hydrogens (tertiary/aromatic N) is 1. The van der Waals surface area contributed by atoms with E-state index < -0.39 is 12.6 Å². The summed E-state index contributed by atoms with van der Waals surface area (Å²) in [4.78, 5) is 21.0. The normalized spacial score (nSPS) is 14.8. The number of amides is 1. The van der Waals surface area contributed by atoms with Crippen LogP contribution in [0.25, 0.3) is 0 Å². The van der Waals surface area contributed by atoms with Crippen LogP contribution in [0.3, 0.4) is 0 Å². The summed E-state index contributed by atoms with van der Waals surface area (Å²) in [5, 5.41) is 24.3. The number of carbonyl (C=O) groups excluding carboxylic acids is 1. The number of aliphatic carboxylic acids is 1. The van der Waals surface area contributed by atoms with Crippen molar-refractivity contribution in [2.75, 3.05) is 20.2 Å². The van der Waals surface area contributed by atoms with Gasteiger partial charge in [-0.25, -0.2) is 4.79 Å². The standard InChI is InChI=1S/C4H7N3O.C2H4O3/c1-7-2-3(8)6-4(7)5;3-1-2(4)5/h2H2,1H3,(H2,5,6,8);3H,1H2,(H,4,5). The minimum absolute atomic E-state index is 0.0995. The average molecular weight is 189 g/mol. The first kappa shape index (κ1) is 11.4. The van der Waals surface area contributed by atoms with E-state index >= 15 is 0 Å². The molecule has 0 aromatic carbocycles. The Morgan fingerprint density at radius 2 is 2.23 bits per heavy atom. The molecule has 74 valence electrons. The highest BCUT2D eigenvalue weighted by Gasteiger charge is 2.18. The third-order valence-electron chi connectivity index (χ3n) is 1.16. The van der Waals surface area contributed by atoms with E-state index in [1.807, 2.05) is 0 Å². The van der Waals surface area contributed by atoms with E-state index in [-0.39, 0.29) is 11.9 Å². The number of carboxylic acid groups (broad SMARTS) is 1. The number of aliphatic hydroxyl groups excluding tert-OH is 1. The van der Waals surface area contributed by atoms with E-state index in [4.69, 9.17) is 20.4 Å². The minimum Gasteiger partial charge on any atom is -0.480 e. The van der Waals surface area contributed by atoms with Gasteiger partial charge in [0.05, 0.1) is 6.54 Å². The van der Waals surface area contributed by atoms with Gasteiger partial charge in [-0.15, -0.1) is 0 Å². The fourth-order valence-electron chi connectivity index (χ4n) is 0.561. The van der Waals surface area contributed by atoms with Gasteiger partial charge in [-0.05, 0) is 0 Å². The van der Waals surface area contributed by atoms with Crippen molar-refractivity contribution in [3.8, 4) is 0 Å². The van der Waals surface area contributed by atoms with Crippen LogP contribution in [0.15, 0.2) is 0 Å². The fourth-order valence-corrected chi connectivity index (χ4v) is 0.561. The van der Waals surface area contributed by atoms with Gasteiger partial charge in [0.15, 0.2) is 5.96 Å². The number of hydrogen-bond acceptors (Lipinski definition) is 4. The van der Waals surface area contributed by atoms with Crippen LogP contribution >= 0.6 is 0 Å². The molecule has 1 aliphatic heterocycles. The number of likely N-dealkylation sites (N-methyl/N-ethyl adjacent to an activating group) is 1. The quantitative estimate of drug-likeness (QED) is 0.382. The number of guanidine groups is 1. The van der Waals surface area contributed by atoms with Crippen molar-refractivity contribution in [1.29, 1.82) is 5.41 Å². The fraction of sp³-hybridized carbons (Fsp3) is 0.500. The Balaban J connectivity index is 0.000000252. The summed E-state index contributed by atoms with van der Waals surface area (Å²) in [6.07, 6.45) is 0. The Labute approximate surface area is 74.5 Å². The SMILES string of the molecule is CN1CC(=O)NC1=N.O=C(O)CO. The number of aliphatic hydroxyl groups is 1. The van der Waals surface area contributed by atoms with E-state index in [1.54, 1.807) is 11.9 Å². The molecule has 7 nitrogen and oxygen atoms in total. The number of rotatable bonds is 1. The molecule has 13 heavy (non-hydrogen) atoms. The summed E-state index contributed by atoms with van der Waals surface area (Å²) < 4.78 is 0. The molecule has 7 heteroatoms. The van der Waals surface area contributed by atoms with E-state index in [2.05, 4.69) is 5.32 Å². The van der Waals surface area contributed by atoms with E-state index in [0.717, 1.165) is 0 Å². The van der Waals surface area contributed by atoms with Gasteiger partial charge < -0.3 is 15.1 Å². The molecule has 0 spiro atoms. The van der Waals surface area contributed by atoms with Crippen molar-refractivity contribution < 1.29 is 19.8 Å². The Morgan fingerprint density at radius 1 is 1.77 bits per heavy atom. The summed E-state index contributed by atoms with van der Waals surface area (Å²) in [6.45, 7) is -0.459. The number of carbonyl (C=O) groups is 2. The number of nitrogens with one attached hydrogen (secondary N) is 2. The van der Waals surface area contributed by atoms with Gasteiger partial charge in [0.2, 0.25) is 5.91 Å². The van der Waals surface area contributed by atoms with Gasteiger partial charge in [-0.2, -0.15) is 0 Å². The minimum atomic E-state index is -1.19. The molecule has 0 atom stereocenters.